The lowest BCUT2D eigenvalue weighted by Crippen LogP contribution is -3.11. The van der Waals surface area contributed by atoms with Gasteiger partial charge < -0.3 is 14.5 Å². The second-order valence-corrected chi connectivity index (χ2v) is 8.69. The predicted molar refractivity (Wildman–Crippen MR) is 117 cm³/mol. The highest BCUT2D eigenvalue weighted by Gasteiger charge is 2.34. The van der Waals surface area contributed by atoms with Gasteiger partial charge in [0, 0.05) is 37.4 Å². The van der Waals surface area contributed by atoms with E-state index in [0.717, 1.165) is 45.3 Å². The highest BCUT2D eigenvalue weighted by atomic mass is 16.5. The third-order valence-corrected chi connectivity index (χ3v) is 6.79. The largest absolute Gasteiger partial charge is 0.466 e. The van der Waals surface area contributed by atoms with E-state index in [1.807, 2.05) is 11.8 Å². The average molecular weight is 410 g/mol. The summed E-state index contributed by atoms with van der Waals surface area (Å²) in [6, 6.07) is 15.1. The van der Waals surface area contributed by atoms with E-state index < -0.39 is 0 Å². The fourth-order valence-corrected chi connectivity index (χ4v) is 5.02. The third kappa shape index (κ3) is 4.67. The molecule has 0 saturated carbocycles. The minimum atomic E-state index is -0.102. The third-order valence-electron chi connectivity index (χ3n) is 6.79. The lowest BCUT2D eigenvalue weighted by atomic mass is 9.91. The van der Waals surface area contributed by atoms with Crippen LogP contribution in [0.1, 0.15) is 38.2 Å². The van der Waals surface area contributed by atoms with E-state index in [0.29, 0.717) is 25.6 Å². The number of piperidine rings is 2. The molecule has 4 rings (SSSR count). The molecule has 0 unspecified atom stereocenters. The van der Waals surface area contributed by atoms with Gasteiger partial charge in [0.15, 0.2) is 0 Å². The molecule has 0 bridgehead atoms. The number of ether oxygens (including phenoxy) is 1. The molecular formula is C25H33N2O3+. The Hall–Kier alpha value is -2.40. The van der Waals surface area contributed by atoms with E-state index in [1.54, 1.807) is 4.90 Å². The van der Waals surface area contributed by atoms with E-state index in [1.165, 1.54) is 16.3 Å². The van der Waals surface area contributed by atoms with E-state index in [-0.39, 0.29) is 17.8 Å². The molecule has 0 radical (unpaired) electrons. The standard InChI is InChI=1S/C25H32N2O3/c1-2-30-25(29)21-12-16-27(17-13-21)24(28)20-10-14-26(15-11-20)18-22-8-5-7-19-6-3-4-9-23(19)22/h3-9,20-21H,2,10-18H2,1H3/p+1. The van der Waals surface area contributed by atoms with Gasteiger partial charge in [0.25, 0.3) is 0 Å². The number of esters is 1. The number of nitrogens with zero attached hydrogens (tertiary/aromatic N) is 1. The fraction of sp³-hybridized carbons (Fsp3) is 0.520. The first-order valence-electron chi connectivity index (χ1n) is 11.4. The normalized spacial score (nSPS) is 22.8. The molecule has 2 aliphatic rings. The highest BCUT2D eigenvalue weighted by Crippen LogP contribution is 2.23. The van der Waals surface area contributed by atoms with Crippen molar-refractivity contribution in [2.45, 2.75) is 39.2 Å². The van der Waals surface area contributed by atoms with Gasteiger partial charge in [0.2, 0.25) is 5.91 Å². The summed E-state index contributed by atoms with van der Waals surface area (Å²) in [6.45, 7) is 6.74. The summed E-state index contributed by atoms with van der Waals surface area (Å²) >= 11 is 0. The lowest BCUT2D eigenvalue weighted by molar-refractivity contribution is -0.919. The number of carbonyl (C=O) groups excluding carboxylic acids is 2. The highest BCUT2D eigenvalue weighted by molar-refractivity contribution is 5.85. The zero-order chi connectivity index (χ0) is 20.9. The smallest absolute Gasteiger partial charge is 0.309 e. The molecule has 1 N–H and O–H groups in total. The molecule has 2 aromatic carbocycles. The van der Waals surface area contributed by atoms with Gasteiger partial charge in [0.05, 0.1) is 25.6 Å². The predicted octanol–water partition coefficient (Wildman–Crippen LogP) is 2.44. The second-order valence-electron chi connectivity index (χ2n) is 8.69. The van der Waals surface area contributed by atoms with Gasteiger partial charge in [0.1, 0.15) is 6.54 Å². The van der Waals surface area contributed by atoms with Gasteiger partial charge in [-0.05, 0) is 30.5 Å². The van der Waals surface area contributed by atoms with Crippen LogP contribution in [0.3, 0.4) is 0 Å². The van der Waals surface area contributed by atoms with E-state index in [9.17, 15) is 9.59 Å². The molecule has 0 aromatic heterocycles. The van der Waals surface area contributed by atoms with E-state index >= 15 is 0 Å². The van der Waals surface area contributed by atoms with Crippen LogP contribution in [-0.4, -0.2) is 49.6 Å². The lowest BCUT2D eigenvalue weighted by Gasteiger charge is -2.35. The summed E-state index contributed by atoms with van der Waals surface area (Å²) in [4.78, 5) is 28.5. The number of nitrogens with one attached hydrogen (secondary N) is 1. The van der Waals surface area contributed by atoms with Gasteiger partial charge in [-0.2, -0.15) is 0 Å². The van der Waals surface area contributed by atoms with Crippen molar-refractivity contribution in [3.63, 3.8) is 0 Å². The van der Waals surface area contributed by atoms with Crippen LogP contribution >= 0.6 is 0 Å². The van der Waals surface area contributed by atoms with Gasteiger partial charge >= 0.3 is 5.97 Å². The van der Waals surface area contributed by atoms with Crippen LogP contribution in [0.4, 0.5) is 0 Å². The molecule has 5 heteroatoms. The Balaban J connectivity index is 1.27. The fourth-order valence-electron chi connectivity index (χ4n) is 5.02. The molecule has 0 spiro atoms. The van der Waals surface area contributed by atoms with E-state index in [2.05, 4.69) is 42.5 Å². The SMILES string of the molecule is CCOC(=O)C1CCN(C(=O)C2CC[NH+](Cc3cccc4ccccc34)CC2)CC1. The Labute approximate surface area is 179 Å². The molecule has 2 aromatic rings. The Bertz CT molecular complexity index is 876. The minimum Gasteiger partial charge on any atom is -0.466 e. The first-order valence-corrected chi connectivity index (χ1v) is 11.4. The van der Waals surface area contributed by atoms with Crippen molar-refractivity contribution in [1.29, 1.82) is 0 Å². The van der Waals surface area contributed by atoms with Crippen LogP contribution in [0.2, 0.25) is 0 Å². The van der Waals surface area contributed by atoms with Crippen LogP contribution in [0, 0.1) is 11.8 Å². The van der Waals surface area contributed by atoms with Crippen molar-refractivity contribution in [3.05, 3.63) is 48.0 Å². The van der Waals surface area contributed by atoms with Crippen molar-refractivity contribution in [2.75, 3.05) is 32.8 Å². The number of hydrogen-bond acceptors (Lipinski definition) is 3. The molecule has 30 heavy (non-hydrogen) atoms. The van der Waals surface area contributed by atoms with Crippen LogP contribution < -0.4 is 4.90 Å². The van der Waals surface area contributed by atoms with Gasteiger partial charge in [-0.1, -0.05) is 42.5 Å². The zero-order valence-electron chi connectivity index (χ0n) is 17.9. The van der Waals surface area contributed by atoms with Gasteiger partial charge in [-0.3, -0.25) is 9.59 Å². The van der Waals surface area contributed by atoms with Crippen LogP contribution in [0.5, 0.6) is 0 Å². The molecule has 2 heterocycles. The number of benzene rings is 2. The van der Waals surface area contributed by atoms with Crippen molar-refractivity contribution < 1.29 is 19.2 Å². The van der Waals surface area contributed by atoms with Crippen molar-refractivity contribution in [3.8, 4) is 0 Å². The number of carbonyl (C=O) groups is 2. The molecule has 2 aliphatic heterocycles. The number of rotatable bonds is 5. The quantitative estimate of drug-likeness (QED) is 0.772. The molecule has 2 saturated heterocycles. The summed E-state index contributed by atoms with van der Waals surface area (Å²) in [7, 11) is 0. The summed E-state index contributed by atoms with van der Waals surface area (Å²) in [5.74, 6) is 0.290. The van der Waals surface area contributed by atoms with E-state index in [4.69, 9.17) is 4.74 Å². The molecule has 1 amide bonds. The number of fused-ring (bicyclic) bond motifs is 1. The number of likely N-dealkylation sites (tertiary alicyclic amines) is 2. The van der Waals surface area contributed by atoms with Crippen molar-refractivity contribution in [1.82, 2.24) is 4.90 Å². The Morgan fingerprint density at radius 3 is 2.40 bits per heavy atom. The summed E-state index contributed by atoms with van der Waals surface area (Å²) in [5, 5.41) is 2.64. The number of hydrogen-bond donors (Lipinski definition) is 1. The van der Waals surface area contributed by atoms with Crippen molar-refractivity contribution in [2.24, 2.45) is 11.8 Å². The van der Waals surface area contributed by atoms with Gasteiger partial charge in [-0.25, -0.2) is 0 Å². The minimum absolute atomic E-state index is 0.0408. The van der Waals surface area contributed by atoms with Crippen molar-refractivity contribution >= 4 is 22.6 Å². The summed E-state index contributed by atoms with van der Waals surface area (Å²) in [5.41, 5.74) is 1.40. The zero-order valence-corrected chi connectivity index (χ0v) is 17.9. The average Bonchev–Trinajstić information content (AvgIpc) is 2.80. The first kappa shape index (κ1) is 20.9. The Kier molecular flexibility index (Phi) is 6.68. The summed E-state index contributed by atoms with van der Waals surface area (Å²) in [6.07, 6.45) is 3.37. The molecule has 160 valence electrons. The first-order chi connectivity index (χ1) is 14.7. The molecule has 0 aliphatic carbocycles. The van der Waals surface area contributed by atoms with Crippen LogP contribution in [-0.2, 0) is 20.9 Å². The Morgan fingerprint density at radius 1 is 0.967 bits per heavy atom. The Morgan fingerprint density at radius 2 is 1.67 bits per heavy atom. The molecule has 5 nitrogen and oxygen atoms in total. The molecular weight excluding hydrogens is 376 g/mol. The van der Waals surface area contributed by atoms with Crippen LogP contribution in [0.15, 0.2) is 42.5 Å². The molecule has 0 atom stereocenters. The van der Waals surface area contributed by atoms with Gasteiger partial charge in [-0.15, -0.1) is 0 Å². The van der Waals surface area contributed by atoms with Crippen LogP contribution in [0.25, 0.3) is 10.8 Å². The maximum Gasteiger partial charge on any atom is 0.309 e. The second kappa shape index (κ2) is 9.61. The summed E-state index contributed by atoms with van der Waals surface area (Å²) < 4.78 is 5.14. The molecule has 2 fully saturated rings. The maximum absolute atomic E-state index is 13.0. The maximum atomic E-state index is 13.0. The monoisotopic (exact) mass is 409 g/mol. The number of amides is 1. The topological polar surface area (TPSA) is 51.0 Å². The number of quaternary nitrogens is 1.